The maximum absolute atomic E-state index is 11.3. The van der Waals surface area contributed by atoms with Gasteiger partial charge in [-0.05, 0) is 7.05 Å². The van der Waals surface area contributed by atoms with E-state index in [1.54, 1.807) is 6.20 Å². The van der Waals surface area contributed by atoms with E-state index in [9.17, 15) is 9.59 Å². The van der Waals surface area contributed by atoms with Crippen LogP contribution in [0.25, 0.3) is 0 Å². The number of ketones is 1. The van der Waals surface area contributed by atoms with Crippen LogP contribution in [-0.2, 0) is 9.59 Å². The molecule has 2 heterocycles. The van der Waals surface area contributed by atoms with Crippen molar-refractivity contribution in [3.8, 4) is 0 Å². The van der Waals surface area contributed by atoms with E-state index in [0.29, 0.717) is 5.57 Å². The first-order valence-corrected chi connectivity index (χ1v) is 5.12. The van der Waals surface area contributed by atoms with E-state index in [1.807, 2.05) is 4.90 Å². The van der Waals surface area contributed by atoms with E-state index in [2.05, 4.69) is 17.3 Å². The highest BCUT2D eigenvalue weighted by molar-refractivity contribution is 6.24. The molecule has 0 aliphatic carbocycles. The molecule has 0 aromatic heterocycles. The van der Waals surface area contributed by atoms with Gasteiger partial charge in [0.1, 0.15) is 5.57 Å². The summed E-state index contributed by atoms with van der Waals surface area (Å²) in [6.45, 7) is 3.85. The number of piperazine rings is 1. The first-order chi connectivity index (χ1) is 7.16. The molecule has 5 heteroatoms. The summed E-state index contributed by atoms with van der Waals surface area (Å²) in [4.78, 5) is 26.9. The van der Waals surface area contributed by atoms with Crippen molar-refractivity contribution in [2.45, 2.75) is 0 Å². The molecule has 0 saturated carbocycles. The van der Waals surface area contributed by atoms with Crippen molar-refractivity contribution in [1.82, 2.24) is 15.1 Å². The number of carbonyl (C=O) groups excluding carboxylic acids is 2. The number of likely N-dealkylation sites (N-methyl/N-ethyl adjacent to an activating group) is 1. The third-order valence-electron chi connectivity index (χ3n) is 2.80. The Kier molecular flexibility index (Phi) is 2.73. The van der Waals surface area contributed by atoms with Crippen LogP contribution in [0, 0.1) is 0 Å². The Labute approximate surface area is 88.7 Å². The highest BCUT2D eigenvalue weighted by Crippen LogP contribution is 2.08. The fourth-order valence-electron chi connectivity index (χ4n) is 1.74. The van der Waals surface area contributed by atoms with Gasteiger partial charge in [0.05, 0.1) is 6.54 Å². The van der Waals surface area contributed by atoms with Gasteiger partial charge in [-0.3, -0.25) is 9.59 Å². The molecule has 1 N–H and O–H groups in total. The van der Waals surface area contributed by atoms with Gasteiger partial charge in [-0.1, -0.05) is 0 Å². The number of rotatable bonds is 1. The number of Topliss-reactive ketones (excluding diaryl/α,β-unsaturated/α-hetero) is 1. The van der Waals surface area contributed by atoms with E-state index in [-0.39, 0.29) is 18.2 Å². The fourth-order valence-corrected chi connectivity index (χ4v) is 1.74. The second kappa shape index (κ2) is 4.02. The van der Waals surface area contributed by atoms with Gasteiger partial charge in [0.2, 0.25) is 0 Å². The second-order valence-electron chi connectivity index (χ2n) is 3.99. The molecule has 0 atom stereocenters. The van der Waals surface area contributed by atoms with E-state index in [1.165, 1.54) is 0 Å². The summed E-state index contributed by atoms with van der Waals surface area (Å²) in [5.41, 5.74) is 0.305. The van der Waals surface area contributed by atoms with E-state index < -0.39 is 0 Å². The van der Waals surface area contributed by atoms with Crippen LogP contribution in [0.5, 0.6) is 0 Å². The molecule has 0 spiro atoms. The van der Waals surface area contributed by atoms with Crippen LogP contribution < -0.4 is 5.32 Å². The van der Waals surface area contributed by atoms with Crippen LogP contribution in [-0.4, -0.2) is 61.3 Å². The monoisotopic (exact) mass is 209 g/mol. The SMILES string of the molecule is CN1CCN(/C=C2/C(=O)CNC2=O)CC1. The molecule has 5 nitrogen and oxygen atoms in total. The molecule has 2 fully saturated rings. The minimum Gasteiger partial charge on any atom is -0.374 e. The lowest BCUT2D eigenvalue weighted by Gasteiger charge is -2.31. The smallest absolute Gasteiger partial charge is 0.256 e. The quantitative estimate of drug-likeness (QED) is 0.436. The zero-order valence-corrected chi connectivity index (χ0v) is 8.82. The van der Waals surface area contributed by atoms with Gasteiger partial charge in [-0.2, -0.15) is 0 Å². The van der Waals surface area contributed by atoms with Crippen LogP contribution in [0.15, 0.2) is 11.8 Å². The number of hydrogen-bond acceptors (Lipinski definition) is 4. The molecule has 2 saturated heterocycles. The van der Waals surface area contributed by atoms with Crippen molar-refractivity contribution in [2.75, 3.05) is 39.8 Å². The number of hydrogen-bond donors (Lipinski definition) is 1. The van der Waals surface area contributed by atoms with Crippen LogP contribution in [0.1, 0.15) is 0 Å². The molecule has 2 rings (SSSR count). The number of amides is 1. The topological polar surface area (TPSA) is 52.6 Å². The maximum Gasteiger partial charge on any atom is 0.256 e. The van der Waals surface area contributed by atoms with Gasteiger partial charge in [-0.25, -0.2) is 0 Å². The van der Waals surface area contributed by atoms with Gasteiger partial charge in [0, 0.05) is 32.4 Å². The zero-order chi connectivity index (χ0) is 10.8. The van der Waals surface area contributed by atoms with E-state index >= 15 is 0 Å². The molecule has 0 aromatic rings. The summed E-state index contributed by atoms with van der Waals surface area (Å²) >= 11 is 0. The Balaban J connectivity index is 2.03. The van der Waals surface area contributed by atoms with Crippen LogP contribution >= 0.6 is 0 Å². The molecular formula is C10H15N3O2. The third-order valence-corrected chi connectivity index (χ3v) is 2.80. The lowest BCUT2D eigenvalue weighted by Crippen LogP contribution is -2.42. The summed E-state index contributed by atoms with van der Waals surface area (Å²) in [5, 5.41) is 2.52. The molecule has 82 valence electrons. The molecule has 0 bridgehead atoms. The predicted octanol–water partition coefficient (Wildman–Crippen LogP) is -1.18. The average molecular weight is 209 g/mol. The van der Waals surface area contributed by atoms with Crippen LogP contribution in [0.3, 0.4) is 0 Å². The molecule has 2 aliphatic rings. The minimum atomic E-state index is -0.237. The van der Waals surface area contributed by atoms with Crippen LogP contribution in [0.4, 0.5) is 0 Å². The van der Waals surface area contributed by atoms with Gasteiger partial charge >= 0.3 is 0 Å². The van der Waals surface area contributed by atoms with Gasteiger partial charge in [0.25, 0.3) is 5.91 Å². The molecule has 0 radical (unpaired) electrons. The summed E-state index contributed by atoms with van der Waals surface area (Å²) < 4.78 is 0. The highest BCUT2D eigenvalue weighted by Gasteiger charge is 2.26. The summed E-state index contributed by atoms with van der Waals surface area (Å²) in [6.07, 6.45) is 1.71. The lowest BCUT2D eigenvalue weighted by atomic mass is 10.2. The van der Waals surface area contributed by atoms with Crippen molar-refractivity contribution in [1.29, 1.82) is 0 Å². The summed E-state index contributed by atoms with van der Waals surface area (Å²) in [6, 6.07) is 0. The minimum absolute atomic E-state index is 0.0982. The van der Waals surface area contributed by atoms with E-state index in [4.69, 9.17) is 0 Å². The Morgan fingerprint density at radius 2 is 1.87 bits per heavy atom. The highest BCUT2D eigenvalue weighted by atomic mass is 16.2. The van der Waals surface area contributed by atoms with Crippen LogP contribution in [0.2, 0.25) is 0 Å². The predicted molar refractivity (Wildman–Crippen MR) is 55.2 cm³/mol. The van der Waals surface area contributed by atoms with Crippen molar-refractivity contribution in [3.63, 3.8) is 0 Å². The first-order valence-electron chi connectivity index (χ1n) is 5.12. The molecule has 0 aromatic carbocycles. The molecule has 1 amide bonds. The largest absolute Gasteiger partial charge is 0.374 e. The van der Waals surface area contributed by atoms with E-state index in [0.717, 1.165) is 26.2 Å². The summed E-state index contributed by atoms with van der Waals surface area (Å²) in [7, 11) is 2.07. The maximum atomic E-state index is 11.3. The summed E-state index contributed by atoms with van der Waals surface area (Å²) in [5.74, 6) is -0.335. The molecule has 15 heavy (non-hydrogen) atoms. The Morgan fingerprint density at radius 3 is 2.40 bits per heavy atom. The van der Waals surface area contributed by atoms with Gasteiger partial charge < -0.3 is 15.1 Å². The molecule has 0 unspecified atom stereocenters. The second-order valence-corrected chi connectivity index (χ2v) is 3.99. The number of nitrogens with zero attached hydrogens (tertiary/aromatic N) is 2. The Morgan fingerprint density at radius 1 is 1.20 bits per heavy atom. The number of carbonyl (C=O) groups is 2. The normalized spacial score (nSPS) is 26.2. The average Bonchev–Trinajstić information content (AvgIpc) is 2.53. The first kappa shape index (κ1) is 10.2. The fraction of sp³-hybridized carbons (Fsp3) is 0.600. The molecule has 2 aliphatic heterocycles. The lowest BCUT2D eigenvalue weighted by molar-refractivity contribution is -0.117. The zero-order valence-electron chi connectivity index (χ0n) is 8.82. The number of nitrogens with one attached hydrogen (secondary N) is 1. The Hall–Kier alpha value is -1.36. The van der Waals surface area contributed by atoms with Crippen molar-refractivity contribution in [3.05, 3.63) is 11.8 Å². The van der Waals surface area contributed by atoms with Crippen molar-refractivity contribution < 1.29 is 9.59 Å². The van der Waals surface area contributed by atoms with Crippen molar-refractivity contribution >= 4 is 11.7 Å². The molecular weight excluding hydrogens is 194 g/mol. The van der Waals surface area contributed by atoms with Crippen molar-refractivity contribution in [2.24, 2.45) is 0 Å². The standard InChI is InChI=1S/C10H15N3O2/c1-12-2-4-13(5-3-12)7-8-9(14)6-11-10(8)15/h7H,2-6H2,1H3,(H,11,15)/b8-7-. The van der Waals surface area contributed by atoms with Gasteiger partial charge in [0.15, 0.2) is 5.78 Å². The Bertz CT molecular complexity index is 299. The van der Waals surface area contributed by atoms with Gasteiger partial charge in [-0.15, -0.1) is 0 Å². The third kappa shape index (κ3) is 2.18.